The van der Waals surface area contributed by atoms with Gasteiger partial charge >= 0.3 is 0 Å². The molecule has 2 aliphatic heterocycles. The Kier molecular flexibility index (Phi) is 8.58. The van der Waals surface area contributed by atoms with Crippen LogP contribution in [0, 0.1) is 6.92 Å². The zero-order valence-electron chi connectivity index (χ0n) is 36.4. The molecule has 2 nitrogen and oxygen atoms in total. The number of anilines is 6. The molecule has 0 atom stereocenters. The second-order valence-electron chi connectivity index (χ2n) is 20.3. The molecule has 3 aliphatic rings. The Bertz CT molecular complexity index is 2840. The van der Waals surface area contributed by atoms with Gasteiger partial charge in [0.15, 0.2) is 0 Å². The third-order valence-corrected chi connectivity index (χ3v) is 14.3. The summed E-state index contributed by atoms with van der Waals surface area (Å²) < 4.78 is 1.38. The van der Waals surface area contributed by atoms with Crippen LogP contribution in [-0.4, -0.2) is 6.71 Å². The fourth-order valence-electron chi connectivity index (χ4n) is 9.81. The number of nitrogens with zero attached hydrogens (tertiary/aromatic N) is 2. The third kappa shape index (κ3) is 6.21. The Morgan fingerprint density at radius 2 is 1.05 bits per heavy atom. The van der Waals surface area contributed by atoms with Crippen molar-refractivity contribution in [2.24, 2.45) is 0 Å². The van der Waals surface area contributed by atoms with Gasteiger partial charge in [-0.3, -0.25) is 0 Å². The van der Waals surface area contributed by atoms with Crippen LogP contribution in [0.5, 0.6) is 0 Å². The summed E-state index contributed by atoms with van der Waals surface area (Å²) in [5.74, 6) is 0. The lowest BCUT2D eigenvalue weighted by atomic mass is 9.33. The van der Waals surface area contributed by atoms with E-state index >= 15 is 0 Å². The van der Waals surface area contributed by atoms with Crippen molar-refractivity contribution in [2.45, 2.75) is 98.3 Å². The van der Waals surface area contributed by atoms with Gasteiger partial charge in [-0.05, 0) is 140 Å². The van der Waals surface area contributed by atoms with E-state index in [1.54, 1.807) is 0 Å². The monoisotopic (exact) mass is 786 g/mol. The summed E-state index contributed by atoms with van der Waals surface area (Å²) in [6.07, 6.45) is 4.67. The summed E-state index contributed by atoms with van der Waals surface area (Å²) in [5.41, 5.74) is 21.1. The predicted molar refractivity (Wildman–Crippen MR) is 259 cm³/mol. The summed E-state index contributed by atoms with van der Waals surface area (Å²) in [4.78, 5) is 6.63. The molecular weight excluding hydrogens is 731 g/mol. The molecule has 4 heteroatoms. The molecule has 7 aromatic rings. The first-order valence-corrected chi connectivity index (χ1v) is 22.3. The van der Waals surface area contributed by atoms with Crippen molar-refractivity contribution in [2.75, 3.05) is 9.80 Å². The molecule has 0 N–H and O–H groups in total. The van der Waals surface area contributed by atoms with Gasteiger partial charge in [-0.1, -0.05) is 135 Å². The first-order chi connectivity index (χ1) is 28.1. The van der Waals surface area contributed by atoms with Gasteiger partial charge in [-0.25, -0.2) is 0 Å². The van der Waals surface area contributed by atoms with E-state index in [0.29, 0.717) is 0 Å². The van der Waals surface area contributed by atoms with Crippen LogP contribution in [-0.2, 0) is 22.7 Å². The van der Waals surface area contributed by atoms with Gasteiger partial charge in [0.2, 0.25) is 0 Å². The molecule has 0 unspecified atom stereocenters. The topological polar surface area (TPSA) is 6.48 Å². The van der Waals surface area contributed by atoms with E-state index in [-0.39, 0.29) is 23.0 Å². The van der Waals surface area contributed by atoms with E-state index in [1.165, 1.54) is 104 Å². The van der Waals surface area contributed by atoms with Gasteiger partial charge in [0, 0.05) is 54.7 Å². The average molecular weight is 787 g/mol. The summed E-state index contributed by atoms with van der Waals surface area (Å²) in [7, 11) is 0. The molecular formula is C55H55BN2S. The molecule has 1 aliphatic carbocycles. The quantitative estimate of drug-likeness (QED) is 0.165. The van der Waals surface area contributed by atoms with Crippen LogP contribution >= 0.6 is 11.3 Å². The maximum atomic E-state index is 2.56. The van der Waals surface area contributed by atoms with Gasteiger partial charge < -0.3 is 9.80 Å². The summed E-state index contributed by atoms with van der Waals surface area (Å²) in [6.45, 7) is 23.3. The predicted octanol–water partition coefficient (Wildman–Crippen LogP) is 13.6. The zero-order valence-corrected chi connectivity index (χ0v) is 37.2. The molecule has 0 radical (unpaired) electrons. The Morgan fingerprint density at radius 1 is 0.542 bits per heavy atom. The molecule has 0 saturated carbocycles. The van der Waals surface area contributed by atoms with E-state index in [4.69, 9.17) is 0 Å². The highest BCUT2D eigenvalue weighted by atomic mass is 32.1. The lowest BCUT2D eigenvalue weighted by Crippen LogP contribution is -2.61. The van der Waals surface area contributed by atoms with Gasteiger partial charge in [-0.2, -0.15) is 0 Å². The second kappa shape index (κ2) is 13.3. The first-order valence-electron chi connectivity index (χ1n) is 21.5. The van der Waals surface area contributed by atoms with Gasteiger partial charge in [0.1, 0.15) is 0 Å². The molecule has 1 aromatic heterocycles. The third-order valence-electron chi connectivity index (χ3n) is 13.0. The summed E-state index contributed by atoms with van der Waals surface area (Å²) in [6, 6.07) is 47.2. The number of thiophene rings is 1. The van der Waals surface area contributed by atoms with Gasteiger partial charge in [-0.15, -0.1) is 11.3 Å². The summed E-state index contributed by atoms with van der Waals surface area (Å²) in [5, 5.41) is 1.38. The van der Waals surface area contributed by atoms with E-state index < -0.39 is 0 Å². The SMILES string of the molecule is Cc1cc2c3c(c1)N(c1ccc(C(C)(C)C)cc1)c1ccc(C(C)(C)C)cc1B3c1cc(C(C)(C)C)ccc1N2c1ccc(C2=CCCc3sc4ccccc4c32)cc1. The maximum Gasteiger partial charge on any atom is 0.252 e. The lowest BCUT2D eigenvalue weighted by Gasteiger charge is -2.45. The van der Waals surface area contributed by atoms with Crippen molar-refractivity contribution in [1.29, 1.82) is 0 Å². The molecule has 0 spiro atoms. The van der Waals surface area contributed by atoms with E-state index in [0.717, 1.165) is 12.8 Å². The van der Waals surface area contributed by atoms with Crippen LogP contribution in [0.15, 0.2) is 127 Å². The van der Waals surface area contributed by atoms with E-state index in [2.05, 4.69) is 206 Å². The van der Waals surface area contributed by atoms with Crippen LogP contribution in [0.4, 0.5) is 34.1 Å². The molecule has 294 valence electrons. The van der Waals surface area contributed by atoms with Crippen LogP contribution in [0.2, 0.25) is 0 Å². The van der Waals surface area contributed by atoms with Gasteiger partial charge in [0.05, 0.1) is 0 Å². The molecule has 10 rings (SSSR count). The highest BCUT2D eigenvalue weighted by Crippen LogP contribution is 2.47. The highest BCUT2D eigenvalue weighted by molar-refractivity contribution is 7.19. The smallest absolute Gasteiger partial charge is 0.252 e. The van der Waals surface area contributed by atoms with Gasteiger partial charge in [0.25, 0.3) is 6.71 Å². The van der Waals surface area contributed by atoms with Crippen LogP contribution in [0.3, 0.4) is 0 Å². The minimum Gasteiger partial charge on any atom is -0.311 e. The Balaban J connectivity index is 1.20. The van der Waals surface area contributed by atoms with Crippen molar-refractivity contribution in [3.05, 3.63) is 166 Å². The highest BCUT2D eigenvalue weighted by Gasteiger charge is 2.44. The maximum absolute atomic E-state index is 2.56. The van der Waals surface area contributed by atoms with Crippen molar-refractivity contribution >= 4 is 84.2 Å². The van der Waals surface area contributed by atoms with Crippen molar-refractivity contribution < 1.29 is 0 Å². The second-order valence-corrected chi connectivity index (χ2v) is 21.4. The zero-order chi connectivity index (χ0) is 41.2. The molecule has 6 aromatic carbocycles. The number of fused-ring (bicyclic) bond motifs is 7. The number of aryl methyl sites for hydroxylation is 2. The van der Waals surface area contributed by atoms with E-state index in [1.807, 2.05) is 11.3 Å². The minimum absolute atomic E-state index is 0.00187. The number of hydrogen-bond acceptors (Lipinski definition) is 3. The fraction of sp³-hybridized carbons (Fsp3) is 0.273. The van der Waals surface area contributed by atoms with Crippen LogP contribution in [0.25, 0.3) is 15.7 Å². The number of hydrogen-bond donors (Lipinski definition) is 0. The van der Waals surface area contributed by atoms with Crippen LogP contribution in [0.1, 0.15) is 107 Å². The molecule has 0 saturated heterocycles. The normalized spacial score (nSPS) is 14.8. The fourth-order valence-corrected chi connectivity index (χ4v) is 11.0. The first kappa shape index (κ1) is 37.9. The van der Waals surface area contributed by atoms with E-state index in [9.17, 15) is 0 Å². The number of allylic oxidation sites excluding steroid dienone is 1. The molecule has 0 bridgehead atoms. The largest absolute Gasteiger partial charge is 0.311 e. The number of benzene rings is 6. The molecule has 3 heterocycles. The Morgan fingerprint density at radius 3 is 1.59 bits per heavy atom. The minimum atomic E-state index is 0.00187. The van der Waals surface area contributed by atoms with Crippen molar-refractivity contribution in [1.82, 2.24) is 0 Å². The van der Waals surface area contributed by atoms with Crippen LogP contribution < -0.4 is 26.2 Å². The van der Waals surface area contributed by atoms with Crippen molar-refractivity contribution in [3.63, 3.8) is 0 Å². The average Bonchev–Trinajstić information content (AvgIpc) is 3.58. The molecule has 59 heavy (non-hydrogen) atoms. The molecule has 0 fully saturated rings. The lowest BCUT2D eigenvalue weighted by molar-refractivity contribution is 0.590. The Labute approximate surface area is 356 Å². The van der Waals surface area contributed by atoms with Crippen molar-refractivity contribution in [3.8, 4) is 0 Å². The standard InChI is InChI=1S/C55H55BN2S/c1-34-30-47-52-48(31-34)58(40-26-20-36(21-27-40)53(2,3)4)46-29-23-38(55(8,9)10)33-44(46)56(52)43-32-37(54(5,6)7)22-28-45(43)57(47)39-24-18-35(19-25-39)41-15-13-17-50-51(41)42-14-11-12-16-49(42)59-50/h11-12,14-16,18-33H,13,17H2,1-10H3. The Hall–Kier alpha value is -5.32. The molecule has 0 amide bonds. The summed E-state index contributed by atoms with van der Waals surface area (Å²) >= 11 is 1.97. The number of rotatable bonds is 3.